The molecule has 0 radical (unpaired) electrons. The second-order valence-electron chi connectivity index (χ2n) is 7.46. The number of hydrogen-bond acceptors (Lipinski definition) is 4. The van der Waals surface area contributed by atoms with Gasteiger partial charge in [-0.3, -0.25) is 0 Å². The number of nitrogens with one attached hydrogen (secondary N) is 2. The standard InChI is InChI=1S/C20H22F3N3O3S/c1-12(2)9-14(11-27)26-30(28,29)15-5-3-13(4-6-15)16-7-8-24-19-17(16)10-18(25-19)20(21,22)23/h3-8,10,12,14,26-27H,9,11H2,1-2H3,(H,24,25)/t14-/m1/s1. The van der Waals surface area contributed by atoms with E-state index >= 15 is 0 Å². The number of aromatic amines is 1. The van der Waals surface area contributed by atoms with Crippen LogP contribution in [-0.2, 0) is 16.2 Å². The number of hydrogen-bond donors (Lipinski definition) is 3. The van der Waals surface area contributed by atoms with Crippen molar-refractivity contribution in [2.75, 3.05) is 6.61 Å². The number of fused-ring (bicyclic) bond motifs is 1. The van der Waals surface area contributed by atoms with Crippen molar-refractivity contribution in [2.45, 2.75) is 37.4 Å². The van der Waals surface area contributed by atoms with Gasteiger partial charge in [0.2, 0.25) is 10.0 Å². The summed E-state index contributed by atoms with van der Waals surface area (Å²) in [6.07, 6.45) is -2.66. The quantitative estimate of drug-likeness (QED) is 0.518. The smallest absolute Gasteiger partial charge is 0.395 e. The van der Waals surface area contributed by atoms with Gasteiger partial charge in [0.1, 0.15) is 11.3 Å². The van der Waals surface area contributed by atoms with E-state index in [4.69, 9.17) is 0 Å². The highest BCUT2D eigenvalue weighted by Crippen LogP contribution is 2.34. The number of aliphatic hydroxyl groups excluding tert-OH is 1. The number of H-pyrrole nitrogens is 1. The van der Waals surface area contributed by atoms with Crippen LogP contribution in [0.15, 0.2) is 47.5 Å². The maximum absolute atomic E-state index is 13.0. The zero-order valence-electron chi connectivity index (χ0n) is 16.4. The fourth-order valence-corrected chi connectivity index (χ4v) is 4.50. The van der Waals surface area contributed by atoms with Crippen LogP contribution in [0.2, 0.25) is 0 Å². The van der Waals surface area contributed by atoms with E-state index in [1.54, 1.807) is 6.07 Å². The van der Waals surface area contributed by atoms with Gasteiger partial charge in [-0.1, -0.05) is 26.0 Å². The van der Waals surface area contributed by atoms with Gasteiger partial charge in [0.15, 0.2) is 0 Å². The first kappa shape index (κ1) is 22.3. The molecule has 0 saturated heterocycles. The molecule has 0 aliphatic rings. The van der Waals surface area contributed by atoms with Gasteiger partial charge in [-0.15, -0.1) is 0 Å². The molecule has 0 aliphatic carbocycles. The van der Waals surface area contributed by atoms with Gasteiger partial charge < -0.3 is 10.1 Å². The maximum atomic E-state index is 13.0. The third kappa shape index (κ3) is 4.82. The number of halogens is 3. The highest BCUT2D eigenvalue weighted by Gasteiger charge is 2.33. The lowest BCUT2D eigenvalue weighted by Gasteiger charge is -2.18. The lowest BCUT2D eigenvalue weighted by atomic mass is 10.0. The molecule has 0 unspecified atom stereocenters. The summed E-state index contributed by atoms with van der Waals surface area (Å²) in [4.78, 5) is 6.20. The fraction of sp³-hybridized carbons (Fsp3) is 0.350. The highest BCUT2D eigenvalue weighted by atomic mass is 32.2. The van der Waals surface area contributed by atoms with Crippen molar-refractivity contribution in [3.63, 3.8) is 0 Å². The zero-order chi connectivity index (χ0) is 22.1. The molecule has 6 nitrogen and oxygen atoms in total. The van der Waals surface area contributed by atoms with Gasteiger partial charge in [0.05, 0.1) is 11.5 Å². The number of benzene rings is 1. The van der Waals surface area contributed by atoms with Gasteiger partial charge in [-0.2, -0.15) is 13.2 Å². The Labute approximate surface area is 172 Å². The predicted molar refractivity (Wildman–Crippen MR) is 107 cm³/mol. The number of nitrogens with zero attached hydrogens (tertiary/aromatic N) is 1. The van der Waals surface area contributed by atoms with Crippen LogP contribution in [0.25, 0.3) is 22.2 Å². The summed E-state index contributed by atoms with van der Waals surface area (Å²) < 4.78 is 66.7. The molecule has 0 saturated carbocycles. The number of aromatic nitrogens is 2. The van der Waals surface area contributed by atoms with Gasteiger partial charge >= 0.3 is 6.18 Å². The maximum Gasteiger partial charge on any atom is 0.431 e. The molecule has 0 amide bonds. The molecule has 1 aromatic carbocycles. The summed E-state index contributed by atoms with van der Waals surface area (Å²) in [6.45, 7) is 3.53. The minimum Gasteiger partial charge on any atom is -0.395 e. The van der Waals surface area contributed by atoms with E-state index in [1.165, 1.54) is 30.5 Å². The topological polar surface area (TPSA) is 95.1 Å². The van der Waals surface area contributed by atoms with Gasteiger partial charge in [-0.25, -0.2) is 18.1 Å². The molecule has 3 aromatic rings. The number of aliphatic hydroxyl groups is 1. The van der Waals surface area contributed by atoms with Crippen molar-refractivity contribution in [3.05, 3.63) is 48.3 Å². The van der Waals surface area contributed by atoms with Crippen LogP contribution in [-0.4, -0.2) is 36.1 Å². The first-order chi connectivity index (χ1) is 14.0. The monoisotopic (exact) mass is 441 g/mol. The molecular formula is C20H22F3N3O3S. The van der Waals surface area contributed by atoms with E-state index < -0.39 is 27.9 Å². The van der Waals surface area contributed by atoms with Gasteiger partial charge in [-0.05, 0) is 47.7 Å². The second-order valence-corrected chi connectivity index (χ2v) is 9.17. The van der Waals surface area contributed by atoms with E-state index in [0.717, 1.165) is 6.07 Å². The SMILES string of the molecule is CC(C)C[C@H](CO)NS(=O)(=O)c1ccc(-c2ccnc3[nH]c(C(F)(F)F)cc23)cc1. The van der Waals surface area contributed by atoms with E-state index in [0.29, 0.717) is 17.5 Å². The molecule has 3 rings (SSSR count). The van der Waals surface area contributed by atoms with Crippen LogP contribution >= 0.6 is 0 Å². The minimum atomic E-state index is -4.53. The van der Waals surface area contributed by atoms with Crippen molar-refractivity contribution in [1.82, 2.24) is 14.7 Å². The summed E-state index contributed by atoms with van der Waals surface area (Å²) >= 11 is 0. The molecule has 0 bridgehead atoms. The fourth-order valence-electron chi connectivity index (χ4n) is 3.26. The summed E-state index contributed by atoms with van der Waals surface area (Å²) in [7, 11) is -3.85. The molecule has 0 spiro atoms. The first-order valence-corrected chi connectivity index (χ1v) is 10.8. The average Bonchev–Trinajstić information content (AvgIpc) is 3.12. The van der Waals surface area contributed by atoms with Crippen molar-refractivity contribution >= 4 is 21.1 Å². The normalized spacial score (nSPS) is 13.8. The van der Waals surface area contributed by atoms with E-state index in [1.807, 2.05) is 13.8 Å². The predicted octanol–water partition coefficient (Wildman–Crippen LogP) is 3.93. The molecule has 10 heteroatoms. The summed E-state index contributed by atoms with van der Waals surface area (Å²) in [5.74, 6) is 0.198. The Morgan fingerprint density at radius 1 is 1.17 bits per heavy atom. The molecule has 0 aliphatic heterocycles. The summed E-state index contributed by atoms with van der Waals surface area (Å²) in [6, 6.07) is 7.77. The molecule has 2 aromatic heterocycles. The Morgan fingerprint density at radius 2 is 1.83 bits per heavy atom. The van der Waals surface area contributed by atoms with Crippen LogP contribution in [0, 0.1) is 5.92 Å². The molecule has 30 heavy (non-hydrogen) atoms. The van der Waals surface area contributed by atoms with E-state index in [-0.39, 0.29) is 28.5 Å². The van der Waals surface area contributed by atoms with E-state index in [9.17, 15) is 26.7 Å². The molecule has 162 valence electrons. The average molecular weight is 441 g/mol. The number of alkyl halides is 3. The van der Waals surface area contributed by atoms with Crippen LogP contribution in [0.4, 0.5) is 13.2 Å². The van der Waals surface area contributed by atoms with Crippen molar-refractivity contribution < 1.29 is 26.7 Å². The lowest BCUT2D eigenvalue weighted by molar-refractivity contribution is -0.140. The number of pyridine rings is 1. The molecule has 2 heterocycles. The molecule has 0 fully saturated rings. The van der Waals surface area contributed by atoms with Crippen LogP contribution in [0.5, 0.6) is 0 Å². The largest absolute Gasteiger partial charge is 0.431 e. The second kappa shape index (κ2) is 8.37. The number of rotatable bonds is 7. The van der Waals surface area contributed by atoms with Crippen LogP contribution in [0.3, 0.4) is 0 Å². The van der Waals surface area contributed by atoms with Crippen LogP contribution in [0.1, 0.15) is 26.0 Å². The molecule has 3 N–H and O–H groups in total. The molecular weight excluding hydrogens is 419 g/mol. The zero-order valence-corrected chi connectivity index (χ0v) is 17.2. The Bertz CT molecular complexity index is 1120. The number of sulfonamides is 1. The Morgan fingerprint density at radius 3 is 2.40 bits per heavy atom. The highest BCUT2D eigenvalue weighted by molar-refractivity contribution is 7.89. The lowest BCUT2D eigenvalue weighted by Crippen LogP contribution is -2.38. The van der Waals surface area contributed by atoms with Gasteiger partial charge in [0, 0.05) is 17.6 Å². The van der Waals surface area contributed by atoms with Crippen molar-refractivity contribution in [1.29, 1.82) is 0 Å². The minimum absolute atomic E-state index is 0.00352. The van der Waals surface area contributed by atoms with Crippen molar-refractivity contribution in [2.24, 2.45) is 5.92 Å². The Hall–Kier alpha value is -2.43. The summed E-state index contributed by atoms with van der Waals surface area (Å²) in [5, 5.41) is 9.71. The third-order valence-electron chi connectivity index (χ3n) is 4.61. The van der Waals surface area contributed by atoms with Gasteiger partial charge in [0.25, 0.3) is 0 Å². The summed E-state index contributed by atoms with van der Waals surface area (Å²) in [5.41, 5.74) is 0.241. The Kier molecular flexibility index (Phi) is 6.21. The Balaban J connectivity index is 1.91. The van der Waals surface area contributed by atoms with Crippen molar-refractivity contribution in [3.8, 4) is 11.1 Å². The molecule has 1 atom stereocenters. The van der Waals surface area contributed by atoms with Crippen LogP contribution < -0.4 is 4.72 Å². The van der Waals surface area contributed by atoms with E-state index in [2.05, 4.69) is 14.7 Å². The third-order valence-corrected chi connectivity index (χ3v) is 6.15. The first-order valence-electron chi connectivity index (χ1n) is 9.30.